The summed E-state index contributed by atoms with van der Waals surface area (Å²) in [6.45, 7) is 3.21. The number of nitrogens with one attached hydrogen (secondary N) is 1. The number of nitro groups is 1. The lowest BCUT2D eigenvalue weighted by atomic mass is 9.95. The molecule has 1 aromatic carbocycles. The molecule has 0 atom stereocenters. The summed E-state index contributed by atoms with van der Waals surface area (Å²) < 4.78 is 0. The molecule has 0 spiro atoms. The van der Waals surface area contributed by atoms with Crippen molar-refractivity contribution in [2.24, 2.45) is 5.92 Å². The van der Waals surface area contributed by atoms with Crippen molar-refractivity contribution in [3.8, 4) is 0 Å². The number of rotatable bonds is 5. The molecule has 2 heterocycles. The summed E-state index contributed by atoms with van der Waals surface area (Å²) in [5, 5.41) is 23.4. The Hall–Kier alpha value is -2.55. The quantitative estimate of drug-likeness (QED) is 0.649. The van der Waals surface area contributed by atoms with Gasteiger partial charge < -0.3 is 10.2 Å². The van der Waals surface area contributed by atoms with Gasteiger partial charge in [0, 0.05) is 25.1 Å². The summed E-state index contributed by atoms with van der Waals surface area (Å²) in [4.78, 5) is 25.2. The first kappa shape index (κ1) is 17.3. The van der Waals surface area contributed by atoms with Crippen molar-refractivity contribution in [2.75, 3.05) is 23.3 Å². The third-order valence-corrected chi connectivity index (χ3v) is 5.27. The average molecular weight is 361 g/mol. The van der Waals surface area contributed by atoms with Gasteiger partial charge in [-0.15, -0.1) is 10.2 Å². The van der Waals surface area contributed by atoms with Gasteiger partial charge in [-0.05, 0) is 25.3 Å². The summed E-state index contributed by atoms with van der Waals surface area (Å²) in [5.41, 5.74) is 0.717. The number of carbonyl (C=O) groups is 1. The van der Waals surface area contributed by atoms with Crippen LogP contribution in [0.1, 0.15) is 24.8 Å². The monoisotopic (exact) mass is 361 g/mol. The van der Waals surface area contributed by atoms with Crippen LogP contribution in [0.4, 0.5) is 16.5 Å². The van der Waals surface area contributed by atoms with Gasteiger partial charge in [-0.2, -0.15) is 0 Å². The van der Waals surface area contributed by atoms with Crippen LogP contribution in [0.5, 0.6) is 0 Å². The van der Waals surface area contributed by atoms with Crippen molar-refractivity contribution >= 4 is 33.8 Å². The molecule has 8 nitrogen and oxygen atoms in total. The molecule has 1 aliphatic rings. The van der Waals surface area contributed by atoms with E-state index in [0.717, 1.165) is 11.4 Å². The van der Waals surface area contributed by atoms with Gasteiger partial charge >= 0.3 is 0 Å². The maximum atomic E-state index is 12.4. The van der Waals surface area contributed by atoms with Gasteiger partial charge in [0.25, 0.3) is 5.69 Å². The van der Waals surface area contributed by atoms with Crippen molar-refractivity contribution < 1.29 is 9.72 Å². The zero-order chi connectivity index (χ0) is 17.8. The van der Waals surface area contributed by atoms with E-state index in [4.69, 9.17) is 0 Å². The number of aromatic nitrogens is 2. The van der Waals surface area contributed by atoms with Crippen LogP contribution < -0.4 is 10.2 Å². The van der Waals surface area contributed by atoms with Crippen LogP contribution in [0.25, 0.3) is 0 Å². The van der Waals surface area contributed by atoms with E-state index < -0.39 is 0 Å². The summed E-state index contributed by atoms with van der Waals surface area (Å²) in [7, 11) is 0. The molecule has 0 radical (unpaired) electrons. The number of nitro benzene ring substituents is 1. The Morgan fingerprint density at radius 2 is 2.08 bits per heavy atom. The highest BCUT2D eigenvalue weighted by atomic mass is 32.1. The third-order valence-electron chi connectivity index (χ3n) is 4.28. The normalized spacial score (nSPS) is 15.2. The minimum Gasteiger partial charge on any atom is -0.366 e. The fourth-order valence-corrected chi connectivity index (χ4v) is 3.61. The molecular weight excluding hydrogens is 342 g/mol. The van der Waals surface area contributed by atoms with E-state index in [0.29, 0.717) is 36.8 Å². The number of para-hydroxylation sites is 2. The van der Waals surface area contributed by atoms with E-state index >= 15 is 0 Å². The van der Waals surface area contributed by atoms with Crippen molar-refractivity contribution in [1.29, 1.82) is 0 Å². The molecule has 3 rings (SSSR count). The van der Waals surface area contributed by atoms with Crippen molar-refractivity contribution in [3.63, 3.8) is 0 Å². The third kappa shape index (κ3) is 3.93. The van der Waals surface area contributed by atoms with Crippen molar-refractivity contribution in [2.45, 2.75) is 26.2 Å². The van der Waals surface area contributed by atoms with Crippen LogP contribution in [0.15, 0.2) is 24.3 Å². The second-order valence-corrected chi connectivity index (χ2v) is 6.91. The molecule has 1 aliphatic heterocycles. The van der Waals surface area contributed by atoms with Crippen LogP contribution in [-0.4, -0.2) is 34.1 Å². The van der Waals surface area contributed by atoms with Crippen molar-refractivity contribution in [3.05, 3.63) is 39.4 Å². The number of hydrogen-bond donors (Lipinski definition) is 1. The number of piperidine rings is 1. The van der Waals surface area contributed by atoms with Gasteiger partial charge in [0.15, 0.2) is 0 Å². The molecule has 1 saturated heterocycles. The minimum atomic E-state index is -0.366. The Bertz CT molecular complexity index is 771. The topological polar surface area (TPSA) is 101 Å². The standard InChI is InChI=1S/C16H19N5O3S/c1-2-14-18-19-16(25-14)17-15(22)11-7-9-20(10-8-11)12-5-3-4-6-13(12)21(23)24/h3-6,11H,2,7-10H2,1H3,(H,17,19,22). The molecule has 25 heavy (non-hydrogen) atoms. The number of amides is 1. The smallest absolute Gasteiger partial charge is 0.292 e. The van der Waals surface area contributed by atoms with Crippen LogP contribution in [0.3, 0.4) is 0 Å². The lowest BCUT2D eigenvalue weighted by Crippen LogP contribution is -2.38. The Morgan fingerprint density at radius 3 is 2.72 bits per heavy atom. The van der Waals surface area contributed by atoms with E-state index in [9.17, 15) is 14.9 Å². The van der Waals surface area contributed by atoms with Gasteiger partial charge in [0.2, 0.25) is 11.0 Å². The summed E-state index contributed by atoms with van der Waals surface area (Å²) >= 11 is 1.39. The molecule has 1 amide bonds. The average Bonchev–Trinajstić information content (AvgIpc) is 3.09. The number of nitrogens with zero attached hydrogens (tertiary/aromatic N) is 4. The van der Waals surface area contributed by atoms with E-state index in [1.54, 1.807) is 18.2 Å². The van der Waals surface area contributed by atoms with Gasteiger partial charge in [0.1, 0.15) is 10.7 Å². The molecule has 1 aromatic heterocycles. The lowest BCUT2D eigenvalue weighted by molar-refractivity contribution is -0.384. The van der Waals surface area contributed by atoms with Crippen molar-refractivity contribution in [1.82, 2.24) is 10.2 Å². The molecule has 132 valence electrons. The van der Waals surface area contributed by atoms with E-state index in [2.05, 4.69) is 15.5 Å². The highest BCUT2D eigenvalue weighted by Gasteiger charge is 2.28. The second-order valence-electron chi connectivity index (χ2n) is 5.85. The SMILES string of the molecule is CCc1nnc(NC(=O)C2CCN(c3ccccc3[N+](=O)[O-])CC2)s1. The molecule has 0 saturated carbocycles. The zero-order valence-corrected chi connectivity index (χ0v) is 14.7. The molecule has 2 aromatic rings. The number of benzene rings is 1. The number of carbonyl (C=O) groups excluding carboxylic acids is 1. The molecule has 9 heteroatoms. The van der Waals surface area contributed by atoms with Gasteiger partial charge in [-0.1, -0.05) is 30.4 Å². The van der Waals surface area contributed by atoms with E-state index in [1.807, 2.05) is 11.8 Å². The Balaban J connectivity index is 1.60. The molecule has 1 N–H and O–H groups in total. The number of aryl methyl sites for hydroxylation is 1. The molecule has 0 bridgehead atoms. The summed E-state index contributed by atoms with van der Waals surface area (Å²) in [5.74, 6) is -0.172. The fourth-order valence-electron chi connectivity index (χ4n) is 2.92. The van der Waals surface area contributed by atoms with Crippen LogP contribution >= 0.6 is 11.3 Å². The Kier molecular flexibility index (Phi) is 5.22. The highest BCUT2D eigenvalue weighted by Crippen LogP contribution is 2.31. The maximum absolute atomic E-state index is 12.4. The van der Waals surface area contributed by atoms with Gasteiger partial charge in [0.05, 0.1) is 4.92 Å². The zero-order valence-electron chi connectivity index (χ0n) is 13.8. The highest BCUT2D eigenvalue weighted by molar-refractivity contribution is 7.15. The van der Waals surface area contributed by atoms with Gasteiger partial charge in [-0.3, -0.25) is 14.9 Å². The predicted molar refractivity (Wildman–Crippen MR) is 96.0 cm³/mol. The largest absolute Gasteiger partial charge is 0.366 e. The van der Waals surface area contributed by atoms with Crippen LogP contribution in [0.2, 0.25) is 0 Å². The van der Waals surface area contributed by atoms with E-state index in [1.165, 1.54) is 17.4 Å². The Morgan fingerprint density at radius 1 is 1.36 bits per heavy atom. The predicted octanol–water partition coefficient (Wildman–Crippen LogP) is 2.86. The summed E-state index contributed by atoms with van der Waals surface area (Å²) in [6.07, 6.45) is 2.09. The lowest BCUT2D eigenvalue weighted by Gasteiger charge is -2.32. The van der Waals surface area contributed by atoms with Gasteiger partial charge in [-0.25, -0.2) is 0 Å². The first-order chi connectivity index (χ1) is 12.1. The Labute approximate surface area is 149 Å². The fraction of sp³-hybridized carbons (Fsp3) is 0.438. The maximum Gasteiger partial charge on any atom is 0.292 e. The molecule has 1 fully saturated rings. The number of anilines is 2. The van der Waals surface area contributed by atoms with E-state index in [-0.39, 0.29) is 22.4 Å². The second kappa shape index (κ2) is 7.56. The molecule has 0 aliphatic carbocycles. The summed E-state index contributed by atoms with van der Waals surface area (Å²) in [6, 6.07) is 6.72. The molecular formula is C16H19N5O3S. The minimum absolute atomic E-state index is 0.0546. The molecule has 0 unspecified atom stereocenters. The first-order valence-corrected chi connectivity index (χ1v) is 9.01. The van der Waals surface area contributed by atoms with Crippen LogP contribution in [-0.2, 0) is 11.2 Å². The van der Waals surface area contributed by atoms with Crippen LogP contribution in [0, 0.1) is 16.0 Å². The number of hydrogen-bond acceptors (Lipinski definition) is 7. The first-order valence-electron chi connectivity index (χ1n) is 8.20.